The molecule has 1 heterocycles. The lowest BCUT2D eigenvalue weighted by atomic mass is 10.2. The van der Waals surface area contributed by atoms with Gasteiger partial charge in [0.15, 0.2) is 0 Å². The molecule has 1 aliphatic rings. The molecular formula is C14H19BrN2O2. The first-order valence-corrected chi connectivity index (χ1v) is 7.41. The summed E-state index contributed by atoms with van der Waals surface area (Å²) in [4.78, 5) is 11.8. The Hall–Kier alpha value is -0.910. The maximum atomic E-state index is 11.8. The largest absolute Gasteiger partial charge is 0.377 e. The van der Waals surface area contributed by atoms with E-state index < -0.39 is 0 Å². The summed E-state index contributed by atoms with van der Waals surface area (Å²) >= 11 is 3.40. The molecule has 1 aromatic rings. The van der Waals surface area contributed by atoms with E-state index >= 15 is 0 Å². The first kappa shape index (κ1) is 14.5. The Balaban J connectivity index is 1.63. The minimum absolute atomic E-state index is 0.0201. The number of nitrogens with one attached hydrogen (secondary N) is 2. The molecule has 1 amide bonds. The molecule has 0 bridgehead atoms. The standard InChI is InChI=1S/C14H19BrN2O2/c15-12-5-1-2-6-13(12)17-14(18)7-8-16-10-11-4-3-9-19-11/h1-2,5-6,11,16H,3-4,7-10H2,(H,17,18). The normalized spacial score (nSPS) is 18.5. The van der Waals surface area contributed by atoms with Crippen LogP contribution in [0.4, 0.5) is 5.69 Å². The fourth-order valence-corrected chi connectivity index (χ4v) is 2.43. The first-order chi connectivity index (χ1) is 9.25. The molecule has 4 nitrogen and oxygen atoms in total. The number of benzene rings is 1. The maximum Gasteiger partial charge on any atom is 0.225 e. The lowest BCUT2D eigenvalue weighted by Crippen LogP contribution is -2.29. The van der Waals surface area contributed by atoms with E-state index in [1.165, 1.54) is 0 Å². The summed E-state index contributed by atoms with van der Waals surface area (Å²) in [5, 5.41) is 6.14. The molecule has 0 spiro atoms. The first-order valence-electron chi connectivity index (χ1n) is 6.62. The van der Waals surface area contributed by atoms with E-state index in [1.807, 2.05) is 24.3 Å². The summed E-state index contributed by atoms with van der Waals surface area (Å²) in [6, 6.07) is 7.60. The Morgan fingerprint density at radius 1 is 1.42 bits per heavy atom. The Kier molecular flexibility index (Phi) is 5.82. The van der Waals surface area contributed by atoms with Crippen molar-refractivity contribution in [3.8, 4) is 0 Å². The molecule has 2 rings (SSSR count). The number of amides is 1. The van der Waals surface area contributed by atoms with E-state index in [2.05, 4.69) is 26.6 Å². The van der Waals surface area contributed by atoms with Gasteiger partial charge in [0.2, 0.25) is 5.91 Å². The van der Waals surface area contributed by atoms with Crippen molar-refractivity contribution in [1.29, 1.82) is 0 Å². The third-order valence-corrected chi connectivity index (χ3v) is 3.76. The summed E-state index contributed by atoms with van der Waals surface area (Å²) in [7, 11) is 0. The number of anilines is 1. The molecule has 1 unspecified atom stereocenters. The van der Waals surface area contributed by atoms with Crippen LogP contribution >= 0.6 is 15.9 Å². The number of hydrogen-bond donors (Lipinski definition) is 2. The second-order valence-electron chi connectivity index (χ2n) is 4.62. The van der Waals surface area contributed by atoms with Gasteiger partial charge in [-0.05, 0) is 40.9 Å². The molecule has 19 heavy (non-hydrogen) atoms. The van der Waals surface area contributed by atoms with Crippen LogP contribution in [0.25, 0.3) is 0 Å². The van der Waals surface area contributed by atoms with E-state index in [-0.39, 0.29) is 5.91 Å². The zero-order chi connectivity index (χ0) is 13.5. The van der Waals surface area contributed by atoms with Gasteiger partial charge in [-0.3, -0.25) is 4.79 Å². The molecule has 104 valence electrons. The Morgan fingerprint density at radius 2 is 2.26 bits per heavy atom. The fourth-order valence-electron chi connectivity index (χ4n) is 2.05. The number of ether oxygens (including phenoxy) is 1. The molecule has 0 saturated carbocycles. The molecule has 0 aromatic heterocycles. The van der Waals surface area contributed by atoms with Crippen molar-refractivity contribution in [3.05, 3.63) is 28.7 Å². The van der Waals surface area contributed by atoms with Crippen molar-refractivity contribution in [3.63, 3.8) is 0 Å². The number of carbonyl (C=O) groups excluding carboxylic acids is 1. The molecule has 1 aliphatic heterocycles. The molecule has 1 atom stereocenters. The highest BCUT2D eigenvalue weighted by Gasteiger charge is 2.14. The van der Waals surface area contributed by atoms with Crippen LogP contribution in [0.15, 0.2) is 28.7 Å². The van der Waals surface area contributed by atoms with Gasteiger partial charge < -0.3 is 15.4 Å². The van der Waals surface area contributed by atoms with E-state index in [1.54, 1.807) is 0 Å². The molecular weight excluding hydrogens is 308 g/mol. The molecule has 0 radical (unpaired) electrons. The second kappa shape index (κ2) is 7.62. The van der Waals surface area contributed by atoms with Gasteiger partial charge in [-0.1, -0.05) is 12.1 Å². The van der Waals surface area contributed by atoms with Gasteiger partial charge in [0.1, 0.15) is 0 Å². The van der Waals surface area contributed by atoms with E-state index in [0.29, 0.717) is 19.1 Å². The summed E-state index contributed by atoms with van der Waals surface area (Å²) < 4.78 is 6.40. The van der Waals surface area contributed by atoms with Gasteiger partial charge in [0, 0.05) is 30.6 Å². The van der Waals surface area contributed by atoms with Gasteiger partial charge in [0.25, 0.3) is 0 Å². The summed E-state index contributed by atoms with van der Waals surface area (Å²) in [5.74, 6) is 0.0201. The monoisotopic (exact) mass is 326 g/mol. The van der Waals surface area contributed by atoms with Gasteiger partial charge in [-0.2, -0.15) is 0 Å². The lowest BCUT2D eigenvalue weighted by molar-refractivity contribution is -0.116. The number of halogens is 1. The van der Waals surface area contributed by atoms with Gasteiger partial charge in [0.05, 0.1) is 11.8 Å². The quantitative estimate of drug-likeness (QED) is 0.790. The average molecular weight is 327 g/mol. The van der Waals surface area contributed by atoms with Crippen LogP contribution in [0.5, 0.6) is 0 Å². The minimum Gasteiger partial charge on any atom is -0.377 e. The van der Waals surface area contributed by atoms with Crippen molar-refractivity contribution in [2.75, 3.05) is 25.0 Å². The Labute approximate surface area is 122 Å². The zero-order valence-electron chi connectivity index (χ0n) is 10.8. The van der Waals surface area contributed by atoms with Crippen LogP contribution in [-0.2, 0) is 9.53 Å². The van der Waals surface area contributed by atoms with Crippen LogP contribution in [0.3, 0.4) is 0 Å². The van der Waals surface area contributed by atoms with Crippen LogP contribution < -0.4 is 10.6 Å². The molecule has 2 N–H and O–H groups in total. The number of carbonyl (C=O) groups is 1. The predicted octanol–water partition coefficient (Wildman–Crippen LogP) is 2.55. The van der Waals surface area contributed by atoms with Crippen molar-refractivity contribution < 1.29 is 9.53 Å². The average Bonchev–Trinajstić information content (AvgIpc) is 2.91. The third kappa shape index (κ3) is 4.93. The van der Waals surface area contributed by atoms with Crippen molar-refractivity contribution >= 4 is 27.5 Å². The van der Waals surface area contributed by atoms with Gasteiger partial charge in [-0.15, -0.1) is 0 Å². The number of para-hydroxylation sites is 1. The van der Waals surface area contributed by atoms with Crippen molar-refractivity contribution in [2.24, 2.45) is 0 Å². The SMILES string of the molecule is O=C(CCNCC1CCCO1)Nc1ccccc1Br. The third-order valence-electron chi connectivity index (χ3n) is 3.07. The van der Waals surface area contributed by atoms with Gasteiger partial charge in [-0.25, -0.2) is 0 Å². The van der Waals surface area contributed by atoms with Crippen molar-refractivity contribution in [1.82, 2.24) is 5.32 Å². The van der Waals surface area contributed by atoms with Crippen LogP contribution in [0.2, 0.25) is 0 Å². The molecule has 1 saturated heterocycles. The smallest absolute Gasteiger partial charge is 0.225 e. The van der Waals surface area contributed by atoms with E-state index in [0.717, 1.165) is 36.2 Å². The van der Waals surface area contributed by atoms with Crippen LogP contribution in [-0.4, -0.2) is 31.7 Å². The van der Waals surface area contributed by atoms with Crippen molar-refractivity contribution in [2.45, 2.75) is 25.4 Å². The zero-order valence-corrected chi connectivity index (χ0v) is 12.4. The summed E-state index contributed by atoms with van der Waals surface area (Å²) in [5.41, 5.74) is 0.812. The van der Waals surface area contributed by atoms with Gasteiger partial charge >= 0.3 is 0 Å². The highest BCUT2D eigenvalue weighted by atomic mass is 79.9. The van der Waals surface area contributed by atoms with E-state index in [9.17, 15) is 4.79 Å². The highest BCUT2D eigenvalue weighted by molar-refractivity contribution is 9.10. The second-order valence-corrected chi connectivity index (χ2v) is 5.47. The highest BCUT2D eigenvalue weighted by Crippen LogP contribution is 2.21. The Bertz CT molecular complexity index is 420. The van der Waals surface area contributed by atoms with E-state index in [4.69, 9.17) is 4.74 Å². The van der Waals surface area contributed by atoms with Crippen LogP contribution in [0.1, 0.15) is 19.3 Å². The molecule has 5 heteroatoms. The lowest BCUT2D eigenvalue weighted by Gasteiger charge is -2.11. The number of rotatable bonds is 6. The fraction of sp³-hybridized carbons (Fsp3) is 0.500. The molecule has 1 aromatic carbocycles. The minimum atomic E-state index is 0.0201. The summed E-state index contributed by atoms with van der Waals surface area (Å²) in [6.07, 6.45) is 3.06. The summed E-state index contributed by atoms with van der Waals surface area (Å²) in [6.45, 7) is 2.38. The van der Waals surface area contributed by atoms with Crippen LogP contribution in [0, 0.1) is 0 Å². The Morgan fingerprint density at radius 3 is 3.00 bits per heavy atom. The predicted molar refractivity (Wildman–Crippen MR) is 79.2 cm³/mol. The molecule has 1 fully saturated rings. The number of hydrogen-bond acceptors (Lipinski definition) is 3. The maximum absolute atomic E-state index is 11.8. The molecule has 0 aliphatic carbocycles. The topological polar surface area (TPSA) is 50.4 Å².